The molecule has 0 aliphatic heterocycles. The van der Waals surface area contributed by atoms with Crippen molar-refractivity contribution in [3.05, 3.63) is 30.1 Å². The zero-order valence-corrected chi connectivity index (χ0v) is 9.38. The Morgan fingerprint density at radius 2 is 1.67 bits per heavy atom. The van der Waals surface area contributed by atoms with E-state index in [-0.39, 0.29) is 5.82 Å². The Morgan fingerprint density at radius 1 is 1.07 bits per heavy atom. The number of hydrogen-bond acceptors (Lipinski definition) is 2. The van der Waals surface area contributed by atoms with Crippen molar-refractivity contribution in [1.29, 1.82) is 0 Å². The third kappa shape index (κ3) is 9.22. The Morgan fingerprint density at radius 3 is 2.07 bits per heavy atom. The summed E-state index contributed by atoms with van der Waals surface area (Å²) in [5.74, 6) is -0.251. The molecule has 1 aromatic carbocycles. The Kier molecular flexibility index (Phi) is 8.78. The molecule has 0 aliphatic rings. The Labute approximate surface area is 91.5 Å². The largest absolute Gasteiger partial charge is 0.399 e. The van der Waals surface area contributed by atoms with E-state index in [1.165, 1.54) is 49.9 Å². The van der Waals surface area contributed by atoms with Gasteiger partial charge in [-0.15, -0.1) is 0 Å². The first-order valence-electron chi connectivity index (χ1n) is 5.41. The first-order chi connectivity index (χ1) is 7.20. The van der Waals surface area contributed by atoms with Crippen LogP contribution in [-0.2, 0) is 0 Å². The maximum absolute atomic E-state index is 12.0. The number of nitrogen functional groups attached to an aromatic ring is 1. The molecule has 0 aliphatic carbocycles. The Bertz CT molecular complexity index is 209. The van der Waals surface area contributed by atoms with Crippen molar-refractivity contribution in [3.8, 4) is 0 Å². The van der Waals surface area contributed by atoms with Crippen LogP contribution < -0.4 is 11.5 Å². The zero-order chi connectivity index (χ0) is 11.5. The number of hydrogen-bond donors (Lipinski definition) is 2. The van der Waals surface area contributed by atoms with Crippen LogP contribution in [0.2, 0.25) is 0 Å². The topological polar surface area (TPSA) is 52.0 Å². The van der Waals surface area contributed by atoms with Gasteiger partial charge in [-0.2, -0.15) is 0 Å². The number of anilines is 1. The van der Waals surface area contributed by atoms with Crippen molar-refractivity contribution in [3.63, 3.8) is 0 Å². The summed E-state index contributed by atoms with van der Waals surface area (Å²) >= 11 is 0. The minimum Gasteiger partial charge on any atom is -0.399 e. The molecule has 0 fully saturated rings. The van der Waals surface area contributed by atoms with Gasteiger partial charge in [-0.3, -0.25) is 0 Å². The maximum atomic E-state index is 12.0. The summed E-state index contributed by atoms with van der Waals surface area (Å²) in [5, 5.41) is 0. The van der Waals surface area contributed by atoms with Gasteiger partial charge in [0.15, 0.2) is 0 Å². The van der Waals surface area contributed by atoms with E-state index < -0.39 is 0 Å². The van der Waals surface area contributed by atoms with Gasteiger partial charge in [0.05, 0.1) is 0 Å². The van der Waals surface area contributed by atoms with Crippen molar-refractivity contribution in [2.75, 3.05) is 12.3 Å². The summed E-state index contributed by atoms with van der Waals surface area (Å²) in [7, 11) is 0. The highest BCUT2D eigenvalue weighted by Crippen LogP contribution is 2.01. The summed E-state index contributed by atoms with van der Waals surface area (Å²) in [6, 6.07) is 5.70. The van der Waals surface area contributed by atoms with E-state index in [0.29, 0.717) is 5.69 Å². The predicted octanol–water partition coefficient (Wildman–Crippen LogP) is 2.93. The van der Waals surface area contributed by atoms with E-state index in [1.807, 2.05) is 0 Å². The monoisotopic (exact) mass is 212 g/mol. The number of nitrogens with two attached hydrogens (primary N) is 2. The third-order valence-electron chi connectivity index (χ3n) is 1.93. The molecule has 4 N–H and O–H groups in total. The van der Waals surface area contributed by atoms with Gasteiger partial charge in [-0.1, -0.05) is 26.2 Å². The smallest absolute Gasteiger partial charge is 0.123 e. The molecule has 0 aromatic heterocycles. The molecule has 0 bridgehead atoms. The normalized spacial score (nSPS) is 9.27. The quantitative estimate of drug-likeness (QED) is 0.595. The first kappa shape index (κ1) is 13.9. The van der Waals surface area contributed by atoms with Crippen LogP contribution in [0.15, 0.2) is 24.3 Å². The number of halogens is 1. The molecular formula is C12H21FN2. The molecular weight excluding hydrogens is 191 g/mol. The molecule has 15 heavy (non-hydrogen) atoms. The highest BCUT2D eigenvalue weighted by atomic mass is 19.1. The molecule has 0 unspecified atom stereocenters. The van der Waals surface area contributed by atoms with E-state index in [1.54, 1.807) is 0 Å². The molecule has 86 valence electrons. The Hall–Kier alpha value is -1.09. The van der Waals surface area contributed by atoms with E-state index >= 15 is 0 Å². The number of unbranched alkanes of at least 4 members (excludes halogenated alkanes) is 3. The molecule has 1 rings (SSSR count). The average molecular weight is 212 g/mol. The second-order valence-corrected chi connectivity index (χ2v) is 3.40. The second-order valence-electron chi connectivity index (χ2n) is 3.40. The van der Waals surface area contributed by atoms with Crippen molar-refractivity contribution >= 4 is 5.69 Å². The van der Waals surface area contributed by atoms with Crippen molar-refractivity contribution < 1.29 is 4.39 Å². The van der Waals surface area contributed by atoms with Crippen LogP contribution in [0.5, 0.6) is 0 Å². The van der Waals surface area contributed by atoms with Crippen molar-refractivity contribution in [2.45, 2.75) is 32.6 Å². The van der Waals surface area contributed by atoms with Gasteiger partial charge in [-0.05, 0) is 37.2 Å². The van der Waals surface area contributed by atoms with E-state index in [2.05, 4.69) is 6.92 Å². The van der Waals surface area contributed by atoms with Gasteiger partial charge in [-0.25, -0.2) is 4.39 Å². The predicted molar refractivity (Wildman–Crippen MR) is 64.0 cm³/mol. The summed E-state index contributed by atoms with van der Waals surface area (Å²) in [4.78, 5) is 0. The molecule has 0 spiro atoms. The van der Waals surface area contributed by atoms with Gasteiger partial charge >= 0.3 is 0 Å². The number of benzene rings is 1. The van der Waals surface area contributed by atoms with Gasteiger partial charge in [0.1, 0.15) is 5.82 Å². The molecule has 0 radical (unpaired) electrons. The van der Waals surface area contributed by atoms with Crippen LogP contribution in [-0.4, -0.2) is 6.54 Å². The maximum Gasteiger partial charge on any atom is 0.123 e. The minimum absolute atomic E-state index is 0.251. The van der Waals surface area contributed by atoms with Gasteiger partial charge < -0.3 is 11.5 Å². The fraction of sp³-hybridized carbons (Fsp3) is 0.500. The summed E-state index contributed by atoms with van der Waals surface area (Å²) in [6.07, 6.45) is 5.16. The highest BCUT2D eigenvalue weighted by molar-refractivity contribution is 5.36. The van der Waals surface area contributed by atoms with E-state index in [0.717, 1.165) is 6.54 Å². The molecule has 3 heteroatoms. The van der Waals surface area contributed by atoms with Gasteiger partial charge in [0.25, 0.3) is 0 Å². The van der Waals surface area contributed by atoms with Crippen molar-refractivity contribution in [2.24, 2.45) is 5.73 Å². The molecule has 0 amide bonds. The lowest BCUT2D eigenvalue weighted by molar-refractivity contribution is 0.628. The lowest BCUT2D eigenvalue weighted by Gasteiger charge is -1.90. The van der Waals surface area contributed by atoms with Crippen LogP contribution in [0.1, 0.15) is 32.6 Å². The van der Waals surface area contributed by atoms with Crippen LogP contribution in [0, 0.1) is 5.82 Å². The van der Waals surface area contributed by atoms with Crippen LogP contribution in [0.25, 0.3) is 0 Å². The van der Waals surface area contributed by atoms with Gasteiger partial charge in [0.2, 0.25) is 0 Å². The SMILES string of the molecule is CCCCCCN.Nc1ccc(F)cc1. The summed E-state index contributed by atoms with van der Waals surface area (Å²) in [5.41, 5.74) is 11.1. The summed E-state index contributed by atoms with van der Waals surface area (Å²) in [6.45, 7) is 3.07. The van der Waals surface area contributed by atoms with Crippen LogP contribution in [0.4, 0.5) is 10.1 Å². The minimum atomic E-state index is -0.251. The molecule has 0 heterocycles. The second kappa shape index (κ2) is 9.46. The average Bonchev–Trinajstić information content (AvgIpc) is 2.24. The van der Waals surface area contributed by atoms with Crippen molar-refractivity contribution in [1.82, 2.24) is 0 Å². The lowest BCUT2D eigenvalue weighted by atomic mass is 10.2. The zero-order valence-electron chi connectivity index (χ0n) is 9.38. The van der Waals surface area contributed by atoms with Crippen LogP contribution >= 0.6 is 0 Å². The lowest BCUT2D eigenvalue weighted by Crippen LogP contribution is -1.97. The first-order valence-corrected chi connectivity index (χ1v) is 5.41. The van der Waals surface area contributed by atoms with Gasteiger partial charge in [0, 0.05) is 5.69 Å². The third-order valence-corrected chi connectivity index (χ3v) is 1.93. The molecule has 0 saturated heterocycles. The molecule has 0 atom stereocenters. The number of rotatable bonds is 4. The highest BCUT2D eigenvalue weighted by Gasteiger charge is 1.84. The fourth-order valence-electron chi connectivity index (χ4n) is 1.03. The van der Waals surface area contributed by atoms with Crippen LogP contribution in [0.3, 0.4) is 0 Å². The van der Waals surface area contributed by atoms with E-state index in [9.17, 15) is 4.39 Å². The molecule has 1 aromatic rings. The summed E-state index contributed by atoms with van der Waals surface area (Å²) < 4.78 is 12.0. The molecule has 0 saturated carbocycles. The standard InChI is InChI=1S/C6H6FN.C6H15N/c7-5-1-3-6(8)4-2-5;1-2-3-4-5-6-7/h1-4H,8H2;2-7H2,1H3. The van der Waals surface area contributed by atoms with E-state index in [4.69, 9.17) is 11.5 Å². The Balaban J connectivity index is 0.000000265. The molecule has 2 nitrogen and oxygen atoms in total. The fourth-order valence-corrected chi connectivity index (χ4v) is 1.03.